The Bertz CT molecular complexity index is 1550. The fraction of sp³-hybridized carbons (Fsp3) is 0.486. The van der Waals surface area contributed by atoms with Gasteiger partial charge in [-0.15, -0.1) is 13.2 Å². The lowest BCUT2D eigenvalue weighted by Crippen LogP contribution is -2.38. The first kappa shape index (κ1) is 36.8. The van der Waals surface area contributed by atoms with E-state index in [4.69, 9.17) is 9.47 Å². The fourth-order valence-corrected chi connectivity index (χ4v) is 6.44. The minimum Gasteiger partial charge on any atom is -0.429 e. The van der Waals surface area contributed by atoms with Crippen molar-refractivity contribution < 1.29 is 62.9 Å². The third-order valence-electron chi connectivity index (χ3n) is 8.91. The van der Waals surface area contributed by atoms with Crippen LogP contribution in [0.25, 0.3) is 11.1 Å². The van der Waals surface area contributed by atoms with Crippen LogP contribution in [0.3, 0.4) is 0 Å². The molecule has 2 aliphatic rings. The van der Waals surface area contributed by atoms with Crippen molar-refractivity contribution in [3.8, 4) is 22.6 Å². The summed E-state index contributed by atoms with van der Waals surface area (Å²) in [5.74, 6) is -11.4. The highest BCUT2D eigenvalue weighted by atomic mass is 19.4. The third kappa shape index (κ3) is 8.99. The fourth-order valence-electron chi connectivity index (χ4n) is 6.44. The Balaban J connectivity index is 1.23. The first-order valence-electron chi connectivity index (χ1n) is 16.0. The summed E-state index contributed by atoms with van der Waals surface area (Å²) in [5, 5.41) is 0. The van der Waals surface area contributed by atoms with E-state index in [1.54, 1.807) is 6.07 Å². The van der Waals surface area contributed by atoms with Crippen molar-refractivity contribution in [2.45, 2.75) is 83.0 Å². The first-order valence-corrected chi connectivity index (χ1v) is 16.0. The number of ether oxygens (including phenoxy) is 4. The molecule has 0 aromatic heterocycles. The lowest BCUT2D eigenvalue weighted by Gasteiger charge is -2.37. The molecule has 0 bridgehead atoms. The maximum atomic E-state index is 15.3. The van der Waals surface area contributed by atoms with Gasteiger partial charge >= 0.3 is 12.5 Å². The molecule has 268 valence electrons. The second kappa shape index (κ2) is 15.2. The second-order valence-corrected chi connectivity index (χ2v) is 12.4. The molecule has 0 amide bonds. The Hall–Kier alpha value is -3.52. The van der Waals surface area contributed by atoms with Gasteiger partial charge in [-0.3, -0.25) is 0 Å². The van der Waals surface area contributed by atoms with Crippen LogP contribution in [-0.4, -0.2) is 25.9 Å². The largest absolute Gasteiger partial charge is 0.573 e. The van der Waals surface area contributed by atoms with E-state index in [0.717, 1.165) is 44.9 Å². The van der Waals surface area contributed by atoms with Crippen LogP contribution in [0.1, 0.15) is 75.3 Å². The van der Waals surface area contributed by atoms with E-state index in [0.29, 0.717) is 36.8 Å². The number of halogens is 10. The van der Waals surface area contributed by atoms with Gasteiger partial charge in [0.1, 0.15) is 28.8 Å². The molecule has 0 atom stereocenters. The third-order valence-corrected chi connectivity index (χ3v) is 8.91. The van der Waals surface area contributed by atoms with Gasteiger partial charge in [0.2, 0.25) is 5.75 Å². The van der Waals surface area contributed by atoms with Gasteiger partial charge in [-0.1, -0.05) is 38.3 Å². The zero-order valence-electron chi connectivity index (χ0n) is 26.3. The molecule has 2 fully saturated rings. The molecule has 1 aliphatic carbocycles. The van der Waals surface area contributed by atoms with Crippen LogP contribution < -0.4 is 9.47 Å². The minimum atomic E-state index is -5.50. The number of unbranched alkanes of at least 4 members (excludes halogenated alkanes) is 2. The van der Waals surface area contributed by atoms with Gasteiger partial charge in [0, 0.05) is 29.5 Å². The Labute approximate surface area is 276 Å². The normalized spacial score (nSPS) is 21.9. The van der Waals surface area contributed by atoms with Crippen LogP contribution >= 0.6 is 0 Å². The minimum absolute atomic E-state index is 0.0145. The van der Waals surface area contributed by atoms with Gasteiger partial charge in [-0.25, -0.2) is 22.0 Å². The highest BCUT2D eigenvalue weighted by molar-refractivity contribution is 5.65. The molecule has 0 unspecified atom stereocenters. The summed E-state index contributed by atoms with van der Waals surface area (Å²) in [7, 11) is 0. The van der Waals surface area contributed by atoms with Gasteiger partial charge < -0.3 is 18.9 Å². The molecule has 1 heterocycles. The van der Waals surface area contributed by atoms with E-state index < -0.39 is 64.2 Å². The lowest BCUT2D eigenvalue weighted by atomic mass is 9.78. The topological polar surface area (TPSA) is 36.9 Å². The summed E-state index contributed by atoms with van der Waals surface area (Å²) in [6, 6.07) is 4.88. The molecule has 0 spiro atoms. The second-order valence-electron chi connectivity index (χ2n) is 12.4. The number of rotatable bonds is 11. The maximum absolute atomic E-state index is 15.3. The van der Waals surface area contributed by atoms with Crippen LogP contribution in [0.4, 0.5) is 43.9 Å². The molecule has 1 aliphatic heterocycles. The number of alkyl halides is 5. The predicted molar refractivity (Wildman–Crippen MR) is 157 cm³/mol. The van der Waals surface area contributed by atoms with Crippen LogP contribution in [-0.2, 0) is 15.6 Å². The van der Waals surface area contributed by atoms with Crippen LogP contribution in [0, 0.1) is 40.9 Å². The zero-order chi connectivity index (χ0) is 35.5. The van der Waals surface area contributed by atoms with E-state index in [1.165, 1.54) is 18.6 Å². The summed E-state index contributed by atoms with van der Waals surface area (Å²) in [4.78, 5) is 0. The molecule has 5 rings (SSSR count). The number of hydrogen-bond acceptors (Lipinski definition) is 4. The van der Waals surface area contributed by atoms with Gasteiger partial charge in [0.15, 0.2) is 17.9 Å². The van der Waals surface area contributed by atoms with E-state index >= 15 is 4.39 Å². The Kier molecular flexibility index (Phi) is 11.4. The Morgan fingerprint density at radius 1 is 0.714 bits per heavy atom. The summed E-state index contributed by atoms with van der Waals surface area (Å²) in [5.41, 5.74) is -1.98. The molecular weight excluding hydrogens is 674 g/mol. The molecule has 0 N–H and O–H groups in total. The van der Waals surface area contributed by atoms with Crippen molar-refractivity contribution >= 4 is 0 Å². The highest BCUT2D eigenvalue weighted by Gasteiger charge is 2.42. The summed E-state index contributed by atoms with van der Waals surface area (Å²) >= 11 is 0. The van der Waals surface area contributed by atoms with Crippen LogP contribution in [0.2, 0.25) is 0 Å². The molecule has 3 aromatic carbocycles. The SMILES string of the molecule is CCCCCC1COC(C2CCC(c3ccc(-c4cc(F)c(C(F)(F)Oc5cc(F)c(OC(F)(F)F)c(F)c5)c(F)c4)c(F)c3)CC2)OC1. The van der Waals surface area contributed by atoms with Crippen molar-refractivity contribution in [2.75, 3.05) is 13.2 Å². The maximum Gasteiger partial charge on any atom is 0.573 e. The predicted octanol–water partition coefficient (Wildman–Crippen LogP) is 10.9. The van der Waals surface area contributed by atoms with Gasteiger partial charge in [0.25, 0.3) is 0 Å². The smallest absolute Gasteiger partial charge is 0.429 e. The number of benzene rings is 3. The Morgan fingerprint density at radius 2 is 1.33 bits per heavy atom. The first-order chi connectivity index (χ1) is 23.1. The molecule has 1 saturated heterocycles. The quantitative estimate of drug-likeness (QED) is 0.147. The van der Waals surface area contributed by atoms with Crippen LogP contribution in [0.5, 0.6) is 11.5 Å². The zero-order valence-corrected chi connectivity index (χ0v) is 26.3. The molecule has 4 nitrogen and oxygen atoms in total. The molecular formula is C35H34F10O4. The molecule has 49 heavy (non-hydrogen) atoms. The van der Waals surface area contributed by atoms with Crippen molar-refractivity contribution in [1.82, 2.24) is 0 Å². The van der Waals surface area contributed by atoms with Crippen molar-refractivity contribution in [2.24, 2.45) is 11.8 Å². The highest BCUT2D eigenvalue weighted by Crippen LogP contribution is 2.42. The standard InChI is InChI=1S/C35H34F10O4/c1-2-3-4-5-19-17-46-33(47-18-19)21-8-6-20(7-9-21)22-10-11-25(26(36)12-22)23-13-27(37)31(28(38)14-23)34(41,42)48-24-15-29(39)32(30(40)16-24)49-35(43,44)45/h10-16,19-21,33H,2-9,17-18H2,1H3. The summed E-state index contributed by atoms with van der Waals surface area (Å²) in [6.45, 7) is 3.50. The Morgan fingerprint density at radius 3 is 1.88 bits per heavy atom. The van der Waals surface area contributed by atoms with Gasteiger partial charge in [-0.2, -0.15) is 8.78 Å². The van der Waals surface area contributed by atoms with E-state index in [1.807, 2.05) is 0 Å². The average molecular weight is 709 g/mol. The lowest BCUT2D eigenvalue weighted by molar-refractivity contribution is -0.276. The van der Waals surface area contributed by atoms with E-state index in [2.05, 4.69) is 16.4 Å². The number of hydrogen-bond donors (Lipinski definition) is 0. The van der Waals surface area contributed by atoms with Crippen LogP contribution in [0.15, 0.2) is 42.5 Å². The average Bonchev–Trinajstić information content (AvgIpc) is 3.02. The summed E-state index contributed by atoms with van der Waals surface area (Å²) < 4.78 is 159. The van der Waals surface area contributed by atoms with Crippen molar-refractivity contribution in [3.63, 3.8) is 0 Å². The van der Waals surface area contributed by atoms with Gasteiger partial charge in [0.05, 0.1) is 13.2 Å². The molecule has 3 aromatic rings. The molecule has 14 heteroatoms. The monoisotopic (exact) mass is 708 g/mol. The van der Waals surface area contributed by atoms with Gasteiger partial charge in [-0.05, 0) is 67.3 Å². The van der Waals surface area contributed by atoms with Crippen molar-refractivity contribution in [3.05, 3.63) is 82.7 Å². The summed E-state index contributed by atoms with van der Waals surface area (Å²) in [6.07, 6.45) is -3.01. The molecule has 0 radical (unpaired) electrons. The van der Waals surface area contributed by atoms with E-state index in [9.17, 15) is 39.5 Å². The van der Waals surface area contributed by atoms with E-state index in [-0.39, 0.29) is 35.8 Å². The van der Waals surface area contributed by atoms with Crippen molar-refractivity contribution in [1.29, 1.82) is 0 Å². The molecule has 1 saturated carbocycles.